The third-order valence-electron chi connectivity index (χ3n) is 2.93. The van der Waals surface area contributed by atoms with Crippen LogP contribution in [0.1, 0.15) is 5.56 Å². The van der Waals surface area contributed by atoms with Gasteiger partial charge in [-0.3, -0.25) is 4.79 Å². The maximum absolute atomic E-state index is 12.2. The molecular formula is C15H9Cl2N3O. The molecule has 0 aliphatic rings. The van der Waals surface area contributed by atoms with Gasteiger partial charge < -0.3 is 0 Å². The van der Waals surface area contributed by atoms with Gasteiger partial charge in [-0.05, 0) is 24.3 Å². The van der Waals surface area contributed by atoms with Gasteiger partial charge in [0.25, 0.3) is 5.56 Å². The topological polar surface area (TPSA) is 47.2 Å². The summed E-state index contributed by atoms with van der Waals surface area (Å²) < 4.78 is 1.17. The van der Waals surface area contributed by atoms with E-state index >= 15 is 0 Å². The Morgan fingerprint density at radius 1 is 1.14 bits per heavy atom. The first kappa shape index (κ1) is 13.8. The molecule has 0 radical (unpaired) electrons. The van der Waals surface area contributed by atoms with Crippen LogP contribution in [-0.4, -0.2) is 15.9 Å². The number of para-hydroxylation sites is 1. The SMILES string of the molecule is O=c1c2ccccc2ncn1/N=C/c1ccc(Cl)cc1Cl. The summed E-state index contributed by atoms with van der Waals surface area (Å²) in [7, 11) is 0. The highest BCUT2D eigenvalue weighted by Crippen LogP contribution is 2.19. The van der Waals surface area contributed by atoms with Crippen molar-refractivity contribution in [3.8, 4) is 0 Å². The number of benzene rings is 2. The molecule has 0 saturated heterocycles. The zero-order valence-electron chi connectivity index (χ0n) is 10.7. The molecule has 2 aromatic carbocycles. The molecule has 0 unspecified atom stereocenters. The van der Waals surface area contributed by atoms with Gasteiger partial charge >= 0.3 is 0 Å². The van der Waals surface area contributed by atoms with Gasteiger partial charge in [-0.1, -0.05) is 41.4 Å². The molecule has 6 heteroatoms. The average Bonchev–Trinajstić information content (AvgIpc) is 2.48. The fourth-order valence-electron chi connectivity index (χ4n) is 1.87. The molecule has 0 saturated carbocycles. The summed E-state index contributed by atoms with van der Waals surface area (Å²) in [5, 5.41) is 5.63. The van der Waals surface area contributed by atoms with Crippen molar-refractivity contribution >= 4 is 40.3 Å². The monoisotopic (exact) mass is 317 g/mol. The predicted octanol–water partition coefficient (Wildman–Crippen LogP) is 3.59. The van der Waals surface area contributed by atoms with Gasteiger partial charge in [0, 0.05) is 10.6 Å². The summed E-state index contributed by atoms with van der Waals surface area (Å²) in [6, 6.07) is 12.2. The third kappa shape index (κ3) is 2.82. The molecule has 3 aromatic rings. The van der Waals surface area contributed by atoms with Crippen molar-refractivity contribution in [2.45, 2.75) is 0 Å². The molecule has 0 N–H and O–H groups in total. The van der Waals surface area contributed by atoms with Crippen molar-refractivity contribution in [1.82, 2.24) is 9.66 Å². The number of halogens is 2. The number of nitrogens with zero attached hydrogens (tertiary/aromatic N) is 3. The lowest BCUT2D eigenvalue weighted by Gasteiger charge is -2.01. The summed E-state index contributed by atoms with van der Waals surface area (Å²) in [4.78, 5) is 16.4. The van der Waals surface area contributed by atoms with Gasteiger partial charge in [0.05, 0.1) is 22.1 Å². The van der Waals surface area contributed by atoms with E-state index in [1.165, 1.54) is 17.2 Å². The molecule has 1 heterocycles. The van der Waals surface area contributed by atoms with Crippen LogP contribution < -0.4 is 5.56 Å². The van der Waals surface area contributed by atoms with Crippen LogP contribution in [0.5, 0.6) is 0 Å². The van der Waals surface area contributed by atoms with Crippen LogP contribution in [0.3, 0.4) is 0 Å². The number of aromatic nitrogens is 2. The zero-order chi connectivity index (χ0) is 14.8. The van der Waals surface area contributed by atoms with Gasteiger partial charge in [-0.15, -0.1) is 0 Å². The van der Waals surface area contributed by atoms with E-state index in [-0.39, 0.29) is 5.56 Å². The maximum atomic E-state index is 12.2. The lowest BCUT2D eigenvalue weighted by molar-refractivity contribution is 0.817. The first-order chi connectivity index (χ1) is 10.1. The van der Waals surface area contributed by atoms with Crippen molar-refractivity contribution in [3.05, 3.63) is 74.8 Å². The Kier molecular flexibility index (Phi) is 3.73. The minimum Gasteiger partial charge on any atom is -0.267 e. The van der Waals surface area contributed by atoms with Crippen LogP contribution in [-0.2, 0) is 0 Å². The number of hydrogen-bond donors (Lipinski definition) is 0. The van der Waals surface area contributed by atoms with Crippen molar-refractivity contribution in [1.29, 1.82) is 0 Å². The van der Waals surface area contributed by atoms with Gasteiger partial charge in [-0.2, -0.15) is 9.78 Å². The molecule has 3 rings (SSSR count). The van der Waals surface area contributed by atoms with Crippen molar-refractivity contribution in [3.63, 3.8) is 0 Å². The van der Waals surface area contributed by atoms with Gasteiger partial charge in [0.15, 0.2) is 0 Å². The molecular weight excluding hydrogens is 309 g/mol. The highest BCUT2D eigenvalue weighted by atomic mass is 35.5. The molecule has 21 heavy (non-hydrogen) atoms. The van der Waals surface area contributed by atoms with E-state index in [0.29, 0.717) is 26.5 Å². The standard InChI is InChI=1S/C15H9Cl2N3O/c16-11-6-5-10(13(17)7-11)8-19-20-9-18-14-4-2-1-3-12(14)15(20)21/h1-9H/b19-8+. The molecule has 0 spiro atoms. The zero-order valence-corrected chi connectivity index (χ0v) is 12.2. The second kappa shape index (κ2) is 5.68. The first-order valence-electron chi connectivity index (χ1n) is 6.11. The highest BCUT2D eigenvalue weighted by molar-refractivity contribution is 6.36. The average molecular weight is 318 g/mol. The van der Waals surface area contributed by atoms with Crippen LogP contribution in [0.25, 0.3) is 10.9 Å². The Balaban J connectivity index is 2.03. The van der Waals surface area contributed by atoms with Crippen molar-refractivity contribution < 1.29 is 0 Å². The van der Waals surface area contributed by atoms with E-state index in [1.807, 2.05) is 6.07 Å². The Hall–Kier alpha value is -2.17. The van der Waals surface area contributed by atoms with E-state index in [2.05, 4.69) is 10.1 Å². The minimum atomic E-state index is -0.234. The number of rotatable bonds is 2. The lowest BCUT2D eigenvalue weighted by atomic mass is 10.2. The summed E-state index contributed by atoms with van der Waals surface area (Å²) in [6.45, 7) is 0. The maximum Gasteiger partial charge on any atom is 0.281 e. The fraction of sp³-hybridized carbons (Fsp3) is 0. The van der Waals surface area contributed by atoms with Gasteiger partial charge in [0.2, 0.25) is 0 Å². The molecule has 0 amide bonds. The Morgan fingerprint density at radius 3 is 2.76 bits per heavy atom. The van der Waals surface area contributed by atoms with E-state index in [9.17, 15) is 4.79 Å². The molecule has 0 aliphatic carbocycles. The summed E-state index contributed by atoms with van der Waals surface area (Å²) >= 11 is 11.9. The second-order valence-corrected chi connectivity index (χ2v) is 5.17. The summed E-state index contributed by atoms with van der Waals surface area (Å²) in [6.07, 6.45) is 2.88. The van der Waals surface area contributed by atoms with E-state index in [1.54, 1.807) is 36.4 Å². The molecule has 0 aliphatic heterocycles. The smallest absolute Gasteiger partial charge is 0.267 e. The predicted molar refractivity (Wildman–Crippen MR) is 85.5 cm³/mol. The van der Waals surface area contributed by atoms with Gasteiger partial charge in [-0.25, -0.2) is 4.98 Å². The van der Waals surface area contributed by atoms with Crippen molar-refractivity contribution in [2.75, 3.05) is 0 Å². The minimum absolute atomic E-state index is 0.234. The summed E-state index contributed by atoms with van der Waals surface area (Å²) in [5.41, 5.74) is 1.07. The second-order valence-electron chi connectivity index (χ2n) is 4.32. The van der Waals surface area contributed by atoms with E-state index in [0.717, 1.165) is 0 Å². The normalized spacial score (nSPS) is 11.3. The number of fused-ring (bicyclic) bond motifs is 1. The van der Waals surface area contributed by atoms with Crippen LogP contribution in [0, 0.1) is 0 Å². The molecule has 4 nitrogen and oxygen atoms in total. The van der Waals surface area contributed by atoms with Crippen LogP contribution >= 0.6 is 23.2 Å². The van der Waals surface area contributed by atoms with Gasteiger partial charge in [0.1, 0.15) is 6.33 Å². The Bertz CT molecular complexity index is 903. The van der Waals surface area contributed by atoms with Crippen LogP contribution in [0.4, 0.5) is 0 Å². The molecule has 0 fully saturated rings. The molecule has 1 aromatic heterocycles. The Labute approximate surface area is 130 Å². The lowest BCUT2D eigenvalue weighted by Crippen LogP contribution is -2.16. The Morgan fingerprint density at radius 2 is 1.95 bits per heavy atom. The van der Waals surface area contributed by atoms with Crippen LogP contribution in [0.15, 0.2) is 58.7 Å². The molecule has 0 atom stereocenters. The largest absolute Gasteiger partial charge is 0.281 e. The molecule has 104 valence electrons. The van der Waals surface area contributed by atoms with E-state index in [4.69, 9.17) is 23.2 Å². The third-order valence-corrected chi connectivity index (χ3v) is 3.49. The van der Waals surface area contributed by atoms with Crippen molar-refractivity contribution in [2.24, 2.45) is 5.10 Å². The number of hydrogen-bond acceptors (Lipinski definition) is 3. The highest BCUT2D eigenvalue weighted by Gasteiger charge is 2.02. The first-order valence-corrected chi connectivity index (χ1v) is 6.86. The summed E-state index contributed by atoms with van der Waals surface area (Å²) in [5.74, 6) is 0. The quantitative estimate of drug-likeness (QED) is 0.678. The van der Waals surface area contributed by atoms with E-state index < -0.39 is 0 Å². The molecule has 0 bridgehead atoms. The fourth-order valence-corrected chi connectivity index (χ4v) is 2.33. The van der Waals surface area contributed by atoms with Crippen LogP contribution in [0.2, 0.25) is 10.0 Å².